The molecule has 3 N–H and O–H groups in total. The Balaban J connectivity index is 2.44. The van der Waals surface area contributed by atoms with Crippen molar-refractivity contribution in [2.24, 2.45) is 5.41 Å². The van der Waals surface area contributed by atoms with Crippen LogP contribution in [0.2, 0.25) is 0 Å². The van der Waals surface area contributed by atoms with Crippen LogP contribution in [0.5, 0.6) is 0 Å². The average molecular weight is 300 g/mol. The van der Waals surface area contributed by atoms with Crippen LogP contribution in [0.4, 0.5) is 4.79 Å². The molecule has 1 saturated carbocycles. The van der Waals surface area contributed by atoms with Crippen LogP contribution in [-0.4, -0.2) is 42.8 Å². The number of carbonyl (C=O) groups excluding carboxylic acids is 2. The Hall–Kier alpha value is -1.79. The number of aliphatic carboxylic acids is 1. The van der Waals surface area contributed by atoms with E-state index in [1.165, 1.54) is 0 Å². The van der Waals surface area contributed by atoms with Crippen molar-refractivity contribution in [3.05, 3.63) is 0 Å². The second kappa shape index (κ2) is 8.49. The zero-order chi connectivity index (χ0) is 15.7. The molecule has 7 heteroatoms. The topological polar surface area (TPSA) is 105 Å². The minimum atomic E-state index is -0.891. The van der Waals surface area contributed by atoms with E-state index in [2.05, 4.69) is 15.4 Å². The SMILES string of the molecule is CCOC(=O)CNC(=O)NCC1(C(=O)O)CCCCCC1. The average Bonchev–Trinajstić information content (AvgIpc) is 2.70. The summed E-state index contributed by atoms with van der Waals surface area (Å²) in [6, 6.07) is -0.548. The zero-order valence-electron chi connectivity index (χ0n) is 12.4. The van der Waals surface area contributed by atoms with E-state index in [-0.39, 0.29) is 19.7 Å². The molecule has 0 radical (unpaired) electrons. The van der Waals surface area contributed by atoms with Crippen LogP contribution in [0, 0.1) is 5.41 Å². The molecule has 0 unspecified atom stereocenters. The molecular weight excluding hydrogens is 276 g/mol. The fraction of sp³-hybridized carbons (Fsp3) is 0.786. The van der Waals surface area contributed by atoms with Crippen LogP contribution >= 0.6 is 0 Å². The van der Waals surface area contributed by atoms with E-state index in [4.69, 9.17) is 0 Å². The largest absolute Gasteiger partial charge is 0.481 e. The van der Waals surface area contributed by atoms with Crippen molar-refractivity contribution in [2.45, 2.75) is 45.4 Å². The van der Waals surface area contributed by atoms with Crippen LogP contribution < -0.4 is 10.6 Å². The van der Waals surface area contributed by atoms with Gasteiger partial charge in [0, 0.05) is 6.54 Å². The van der Waals surface area contributed by atoms with Crippen LogP contribution in [0.3, 0.4) is 0 Å². The van der Waals surface area contributed by atoms with Gasteiger partial charge in [-0.15, -0.1) is 0 Å². The maximum absolute atomic E-state index is 11.6. The number of hydrogen-bond acceptors (Lipinski definition) is 4. The molecule has 1 aliphatic carbocycles. The van der Waals surface area contributed by atoms with Gasteiger partial charge in [0.15, 0.2) is 0 Å². The third-order valence-corrected chi connectivity index (χ3v) is 3.80. The predicted octanol–water partition coefficient (Wildman–Crippen LogP) is 1.27. The first-order valence-corrected chi connectivity index (χ1v) is 7.41. The third-order valence-electron chi connectivity index (χ3n) is 3.80. The van der Waals surface area contributed by atoms with Crippen molar-refractivity contribution in [2.75, 3.05) is 19.7 Å². The fourth-order valence-electron chi connectivity index (χ4n) is 2.55. The first-order valence-electron chi connectivity index (χ1n) is 7.41. The number of hydrogen-bond donors (Lipinski definition) is 3. The van der Waals surface area contributed by atoms with E-state index in [1.54, 1.807) is 6.92 Å². The molecule has 0 saturated heterocycles. The standard InChI is InChI=1S/C14H24N2O5/c1-2-21-11(17)9-15-13(20)16-10-14(12(18)19)7-5-3-4-6-8-14/h2-10H2,1H3,(H,18,19)(H2,15,16,20). The monoisotopic (exact) mass is 300 g/mol. The summed E-state index contributed by atoms with van der Waals surface area (Å²) in [7, 11) is 0. The van der Waals surface area contributed by atoms with Crippen molar-refractivity contribution in [3.8, 4) is 0 Å². The van der Waals surface area contributed by atoms with Crippen LogP contribution in [0.25, 0.3) is 0 Å². The summed E-state index contributed by atoms with van der Waals surface area (Å²) >= 11 is 0. The van der Waals surface area contributed by atoms with Gasteiger partial charge in [-0.2, -0.15) is 0 Å². The Morgan fingerprint density at radius 1 is 1.10 bits per heavy atom. The number of carboxylic acid groups (broad SMARTS) is 1. The molecule has 0 aromatic rings. The van der Waals surface area contributed by atoms with Gasteiger partial charge in [-0.25, -0.2) is 4.79 Å². The zero-order valence-corrected chi connectivity index (χ0v) is 12.4. The summed E-state index contributed by atoms with van der Waals surface area (Å²) in [5.41, 5.74) is -0.891. The number of nitrogens with one attached hydrogen (secondary N) is 2. The normalized spacial score (nSPS) is 17.4. The minimum absolute atomic E-state index is 0.0803. The highest BCUT2D eigenvalue weighted by atomic mass is 16.5. The number of ether oxygens (including phenoxy) is 1. The lowest BCUT2D eigenvalue weighted by Gasteiger charge is -2.28. The van der Waals surface area contributed by atoms with Crippen molar-refractivity contribution >= 4 is 18.0 Å². The first-order chi connectivity index (χ1) is 10.00. The molecule has 1 fully saturated rings. The Labute approximate surface area is 124 Å². The molecule has 7 nitrogen and oxygen atoms in total. The van der Waals surface area contributed by atoms with Crippen LogP contribution in [-0.2, 0) is 14.3 Å². The van der Waals surface area contributed by atoms with E-state index in [9.17, 15) is 19.5 Å². The van der Waals surface area contributed by atoms with Gasteiger partial charge in [-0.3, -0.25) is 9.59 Å². The highest BCUT2D eigenvalue weighted by Crippen LogP contribution is 2.34. The molecule has 120 valence electrons. The molecule has 0 aromatic heterocycles. The molecule has 0 aromatic carbocycles. The summed E-state index contributed by atoms with van der Waals surface area (Å²) in [4.78, 5) is 34.3. The molecular formula is C14H24N2O5. The lowest BCUT2D eigenvalue weighted by atomic mass is 9.80. The number of carboxylic acids is 1. The van der Waals surface area contributed by atoms with Gasteiger partial charge in [0.05, 0.1) is 12.0 Å². The molecule has 0 atom stereocenters. The van der Waals surface area contributed by atoms with Gasteiger partial charge >= 0.3 is 18.0 Å². The van der Waals surface area contributed by atoms with Gasteiger partial charge in [-0.1, -0.05) is 25.7 Å². The van der Waals surface area contributed by atoms with E-state index in [0.29, 0.717) is 12.8 Å². The third kappa shape index (κ3) is 5.61. The lowest BCUT2D eigenvalue weighted by molar-refractivity contribution is -0.149. The Morgan fingerprint density at radius 3 is 2.24 bits per heavy atom. The van der Waals surface area contributed by atoms with E-state index in [0.717, 1.165) is 25.7 Å². The lowest BCUT2D eigenvalue weighted by Crippen LogP contribution is -2.47. The predicted molar refractivity (Wildman–Crippen MR) is 75.8 cm³/mol. The maximum atomic E-state index is 11.6. The summed E-state index contributed by atoms with van der Waals surface area (Å²) in [6.45, 7) is 1.79. The molecule has 21 heavy (non-hydrogen) atoms. The van der Waals surface area contributed by atoms with Gasteiger partial charge < -0.3 is 20.5 Å². The number of amides is 2. The summed E-state index contributed by atoms with van der Waals surface area (Å²) < 4.78 is 4.69. The molecule has 2 amide bonds. The van der Waals surface area contributed by atoms with Gasteiger partial charge in [0.25, 0.3) is 0 Å². The number of rotatable bonds is 6. The minimum Gasteiger partial charge on any atom is -0.481 e. The van der Waals surface area contributed by atoms with Crippen molar-refractivity contribution in [1.82, 2.24) is 10.6 Å². The molecule has 0 aliphatic heterocycles. The number of carbonyl (C=O) groups is 3. The number of urea groups is 1. The van der Waals surface area contributed by atoms with Crippen LogP contribution in [0.15, 0.2) is 0 Å². The summed E-state index contributed by atoms with van der Waals surface area (Å²) in [5, 5.41) is 14.4. The maximum Gasteiger partial charge on any atom is 0.325 e. The second-order valence-corrected chi connectivity index (χ2v) is 5.34. The van der Waals surface area contributed by atoms with Gasteiger partial charge in [0.2, 0.25) is 0 Å². The van der Waals surface area contributed by atoms with E-state index in [1.807, 2.05) is 0 Å². The van der Waals surface area contributed by atoms with Gasteiger partial charge in [-0.05, 0) is 19.8 Å². The molecule has 1 rings (SSSR count). The molecule has 0 heterocycles. The smallest absolute Gasteiger partial charge is 0.325 e. The van der Waals surface area contributed by atoms with Crippen LogP contribution in [0.1, 0.15) is 45.4 Å². The van der Waals surface area contributed by atoms with E-state index >= 15 is 0 Å². The fourth-order valence-corrected chi connectivity index (χ4v) is 2.55. The Bertz CT molecular complexity index is 376. The Morgan fingerprint density at radius 2 is 1.71 bits per heavy atom. The first kappa shape index (κ1) is 17.3. The quantitative estimate of drug-likeness (QED) is 0.506. The number of esters is 1. The second-order valence-electron chi connectivity index (χ2n) is 5.34. The highest BCUT2D eigenvalue weighted by molar-refractivity contribution is 5.81. The van der Waals surface area contributed by atoms with Gasteiger partial charge in [0.1, 0.15) is 6.54 Å². The molecule has 1 aliphatic rings. The summed E-state index contributed by atoms with van der Waals surface area (Å²) in [6.07, 6.45) is 4.92. The van der Waals surface area contributed by atoms with Crippen molar-refractivity contribution in [1.29, 1.82) is 0 Å². The summed E-state index contributed by atoms with van der Waals surface area (Å²) in [5.74, 6) is -1.38. The van der Waals surface area contributed by atoms with Crippen molar-refractivity contribution < 1.29 is 24.2 Å². The van der Waals surface area contributed by atoms with E-state index < -0.39 is 23.4 Å². The highest BCUT2D eigenvalue weighted by Gasteiger charge is 2.38. The molecule has 0 spiro atoms. The Kier molecular flexibility index (Phi) is 6.98. The molecule has 0 bridgehead atoms. The van der Waals surface area contributed by atoms with Crippen molar-refractivity contribution in [3.63, 3.8) is 0 Å².